The van der Waals surface area contributed by atoms with Gasteiger partial charge in [-0.2, -0.15) is 0 Å². The number of ether oxygens (including phenoxy) is 2. The van der Waals surface area contributed by atoms with Gasteiger partial charge >= 0.3 is 6.16 Å². The lowest BCUT2D eigenvalue weighted by molar-refractivity contribution is 0.0679. The van der Waals surface area contributed by atoms with Crippen molar-refractivity contribution in [2.75, 3.05) is 13.7 Å². The van der Waals surface area contributed by atoms with Crippen LogP contribution < -0.4 is 0 Å². The second-order valence-electron chi connectivity index (χ2n) is 4.77. The van der Waals surface area contributed by atoms with E-state index in [2.05, 4.69) is 31.6 Å². The molecule has 92 valence electrons. The largest absolute Gasteiger partial charge is 0.507 e. The zero-order valence-electron chi connectivity index (χ0n) is 10.7. The molecule has 0 amide bonds. The first-order chi connectivity index (χ1) is 7.54. The summed E-state index contributed by atoms with van der Waals surface area (Å²) in [6.07, 6.45) is 3.85. The highest BCUT2D eigenvalue weighted by Gasteiger charge is 2.23. The van der Waals surface area contributed by atoms with Crippen LogP contribution in [-0.4, -0.2) is 19.9 Å². The van der Waals surface area contributed by atoms with Gasteiger partial charge in [0.25, 0.3) is 0 Å². The summed E-state index contributed by atoms with van der Waals surface area (Å²) in [5.41, 5.74) is 1.43. The third kappa shape index (κ3) is 3.54. The van der Waals surface area contributed by atoms with E-state index in [-0.39, 0.29) is 0 Å². The van der Waals surface area contributed by atoms with Crippen molar-refractivity contribution in [2.24, 2.45) is 17.8 Å². The van der Waals surface area contributed by atoms with Crippen LogP contribution in [0.25, 0.3) is 0 Å². The van der Waals surface area contributed by atoms with Crippen LogP contribution >= 0.6 is 0 Å². The summed E-state index contributed by atoms with van der Waals surface area (Å²) >= 11 is 0. The van der Waals surface area contributed by atoms with Gasteiger partial charge < -0.3 is 9.47 Å². The maximum Gasteiger partial charge on any atom is 0.507 e. The Morgan fingerprint density at radius 2 is 2.19 bits per heavy atom. The zero-order valence-corrected chi connectivity index (χ0v) is 10.7. The molecule has 0 N–H and O–H groups in total. The summed E-state index contributed by atoms with van der Waals surface area (Å²) < 4.78 is 9.34. The molecule has 0 radical (unpaired) electrons. The van der Waals surface area contributed by atoms with E-state index in [1.807, 2.05) is 0 Å². The number of rotatable bonds is 3. The minimum absolute atomic E-state index is 0.448. The molecule has 0 bridgehead atoms. The van der Waals surface area contributed by atoms with Gasteiger partial charge in [0, 0.05) is 0 Å². The van der Waals surface area contributed by atoms with Crippen molar-refractivity contribution in [3.05, 3.63) is 11.6 Å². The molecule has 0 aromatic carbocycles. The number of carbonyl (C=O) groups is 1. The van der Waals surface area contributed by atoms with Crippen LogP contribution in [0.4, 0.5) is 4.79 Å². The topological polar surface area (TPSA) is 35.5 Å². The maximum atomic E-state index is 10.8. The normalized spacial score (nSPS) is 29.5. The summed E-state index contributed by atoms with van der Waals surface area (Å²) in [6.45, 7) is 7.16. The van der Waals surface area contributed by atoms with Crippen molar-refractivity contribution < 1.29 is 14.3 Å². The minimum Gasteiger partial charge on any atom is -0.438 e. The molecule has 0 heterocycles. The first kappa shape index (κ1) is 13.1. The molecular formula is C13H22O3. The first-order valence-corrected chi connectivity index (χ1v) is 5.93. The lowest BCUT2D eigenvalue weighted by Gasteiger charge is -2.30. The van der Waals surface area contributed by atoms with E-state index in [0.29, 0.717) is 24.4 Å². The Hall–Kier alpha value is -0.990. The Bertz CT molecular complexity index is 270. The van der Waals surface area contributed by atoms with Crippen LogP contribution in [0.15, 0.2) is 11.6 Å². The summed E-state index contributed by atoms with van der Waals surface area (Å²) in [5, 5.41) is 0. The molecule has 0 aliphatic heterocycles. The minimum atomic E-state index is -0.584. The molecule has 0 fully saturated rings. The molecule has 3 unspecified atom stereocenters. The lowest BCUT2D eigenvalue weighted by atomic mass is 9.76. The Labute approximate surface area is 97.8 Å². The standard InChI is InChI=1S/C13H22O3/c1-9-7-11(3)12(8-10(9)2)5-6-16-13(14)15-4/h7,9-10,12H,5-6,8H2,1-4H3. The van der Waals surface area contributed by atoms with Crippen LogP contribution in [0.5, 0.6) is 0 Å². The van der Waals surface area contributed by atoms with E-state index in [0.717, 1.165) is 6.42 Å². The van der Waals surface area contributed by atoms with Crippen molar-refractivity contribution in [3.63, 3.8) is 0 Å². The van der Waals surface area contributed by atoms with Crippen molar-refractivity contribution in [2.45, 2.75) is 33.6 Å². The molecule has 3 nitrogen and oxygen atoms in total. The van der Waals surface area contributed by atoms with Crippen LogP contribution in [0.3, 0.4) is 0 Å². The number of hydrogen-bond acceptors (Lipinski definition) is 3. The molecule has 0 saturated carbocycles. The first-order valence-electron chi connectivity index (χ1n) is 5.93. The van der Waals surface area contributed by atoms with E-state index < -0.39 is 6.16 Å². The molecule has 16 heavy (non-hydrogen) atoms. The lowest BCUT2D eigenvalue weighted by Crippen LogP contribution is -2.21. The van der Waals surface area contributed by atoms with E-state index in [4.69, 9.17) is 4.74 Å². The quantitative estimate of drug-likeness (QED) is 0.546. The van der Waals surface area contributed by atoms with Crippen LogP contribution in [0, 0.1) is 17.8 Å². The summed E-state index contributed by atoms with van der Waals surface area (Å²) in [4.78, 5) is 10.8. The van der Waals surface area contributed by atoms with Crippen molar-refractivity contribution in [1.82, 2.24) is 0 Å². The summed E-state index contributed by atoms with van der Waals surface area (Å²) in [5.74, 6) is 1.93. The Kier molecular flexibility index (Phi) is 4.84. The van der Waals surface area contributed by atoms with Gasteiger partial charge in [-0.15, -0.1) is 0 Å². The van der Waals surface area contributed by atoms with Crippen LogP contribution in [0.2, 0.25) is 0 Å². The van der Waals surface area contributed by atoms with E-state index in [1.165, 1.54) is 19.1 Å². The van der Waals surface area contributed by atoms with Crippen molar-refractivity contribution in [3.8, 4) is 0 Å². The molecule has 3 heteroatoms. The fraction of sp³-hybridized carbons (Fsp3) is 0.769. The predicted molar refractivity (Wildman–Crippen MR) is 63.2 cm³/mol. The molecule has 0 spiro atoms. The fourth-order valence-electron chi connectivity index (χ4n) is 2.25. The fourth-order valence-corrected chi connectivity index (χ4v) is 2.25. The molecular weight excluding hydrogens is 204 g/mol. The molecule has 1 aliphatic carbocycles. The van der Waals surface area contributed by atoms with Gasteiger partial charge in [0.1, 0.15) is 0 Å². The molecule has 1 aliphatic rings. The van der Waals surface area contributed by atoms with E-state index >= 15 is 0 Å². The summed E-state index contributed by atoms with van der Waals surface area (Å²) in [7, 11) is 1.33. The van der Waals surface area contributed by atoms with Crippen molar-refractivity contribution in [1.29, 1.82) is 0 Å². The van der Waals surface area contributed by atoms with Gasteiger partial charge in [-0.05, 0) is 37.5 Å². The third-order valence-electron chi connectivity index (χ3n) is 3.58. The van der Waals surface area contributed by atoms with Gasteiger partial charge in [-0.3, -0.25) is 0 Å². The number of hydrogen-bond donors (Lipinski definition) is 0. The van der Waals surface area contributed by atoms with Gasteiger partial charge in [-0.25, -0.2) is 4.79 Å². The SMILES string of the molecule is COC(=O)OCCC1CC(C)C(C)C=C1C. The second kappa shape index (κ2) is 5.92. The molecule has 0 aromatic rings. The number of methoxy groups -OCH3 is 1. The third-order valence-corrected chi connectivity index (χ3v) is 3.58. The van der Waals surface area contributed by atoms with E-state index in [1.54, 1.807) is 0 Å². The molecule has 0 saturated heterocycles. The highest BCUT2D eigenvalue weighted by Crippen LogP contribution is 2.34. The number of allylic oxidation sites excluding steroid dienone is 2. The molecule has 0 aromatic heterocycles. The maximum absolute atomic E-state index is 10.8. The van der Waals surface area contributed by atoms with Crippen molar-refractivity contribution >= 4 is 6.16 Å². The Morgan fingerprint density at radius 3 is 2.81 bits per heavy atom. The smallest absolute Gasteiger partial charge is 0.438 e. The Morgan fingerprint density at radius 1 is 1.50 bits per heavy atom. The molecule has 3 atom stereocenters. The average Bonchev–Trinajstić information content (AvgIpc) is 2.25. The van der Waals surface area contributed by atoms with Gasteiger partial charge in [-0.1, -0.05) is 25.5 Å². The number of carbonyl (C=O) groups excluding carboxylic acids is 1. The predicted octanol–water partition coefficient (Wildman–Crippen LogP) is 3.40. The van der Waals surface area contributed by atoms with Crippen LogP contribution in [0.1, 0.15) is 33.6 Å². The highest BCUT2D eigenvalue weighted by molar-refractivity contribution is 5.59. The zero-order chi connectivity index (χ0) is 12.1. The highest BCUT2D eigenvalue weighted by atomic mass is 16.7. The van der Waals surface area contributed by atoms with Gasteiger partial charge in [0.05, 0.1) is 13.7 Å². The average molecular weight is 226 g/mol. The summed E-state index contributed by atoms with van der Waals surface area (Å²) in [6, 6.07) is 0. The van der Waals surface area contributed by atoms with Gasteiger partial charge in [0.15, 0.2) is 0 Å². The van der Waals surface area contributed by atoms with Gasteiger partial charge in [0.2, 0.25) is 0 Å². The second-order valence-corrected chi connectivity index (χ2v) is 4.77. The molecule has 1 rings (SSSR count). The van der Waals surface area contributed by atoms with E-state index in [9.17, 15) is 4.79 Å². The van der Waals surface area contributed by atoms with Crippen LogP contribution in [-0.2, 0) is 9.47 Å². The monoisotopic (exact) mass is 226 g/mol. The Balaban J connectivity index is 2.37.